The number of nitrogens with two attached hydrogens (primary N) is 1. The number of likely N-dealkylation sites (N-methyl/N-ethyl adjacent to an activating group) is 1. The van der Waals surface area contributed by atoms with E-state index in [1.54, 1.807) is 0 Å². The second kappa shape index (κ2) is 7.57. The molecule has 1 aromatic heterocycles. The summed E-state index contributed by atoms with van der Waals surface area (Å²) in [7, 11) is 0. The van der Waals surface area contributed by atoms with E-state index in [4.69, 9.17) is 5.73 Å². The van der Waals surface area contributed by atoms with Gasteiger partial charge in [-0.15, -0.1) is 0 Å². The smallest absolute Gasteiger partial charge is 0.265 e. The van der Waals surface area contributed by atoms with E-state index < -0.39 is 0 Å². The number of hydrogen-bond donors (Lipinski definition) is 4. The van der Waals surface area contributed by atoms with Crippen LogP contribution >= 0.6 is 11.3 Å². The van der Waals surface area contributed by atoms with Crippen molar-refractivity contribution in [3.63, 3.8) is 0 Å². The molecule has 1 heterocycles. The molecule has 0 saturated heterocycles. The number of carbonyl (C=O) groups excluding carboxylic acids is 2. The van der Waals surface area contributed by atoms with Gasteiger partial charge in [0.2, 0.25) is 5.91 Å². The second-order valence-corrected chi connectivity index (χ2v) is 4.80. The molecule has 0 saturated carbocycles. The molecule has 2 amide bonds. The van der Waals surface area contributed by atoms with Crippen LogP contribution in [0.3, 0.4) is 0 Å². The summed E-state index contributed by atoms with van der Waals surface area (Å²) in [6.45, 7) is 5.08. The standard InChI is InChI=1S/C11H19N5O2S/c1-3-5-14-11-16-9(12)8(19-11)10(18)15-6-7(17)13-4-2/h3-6,12H2,1-2H3,(H,13,17)(H,14,16)(H,15,18). The van der Waals surface area contributed by atoms with Gasteiger partial charge >= 0.3 is 0 Å². The average Bonchev–Trinajstić information content (AvgIpc) is 2.75. The maximum Gasteiger partial charge on any atom is 0.265 e. The lowest BCUT2D eigenvalue weighted by Gasteiger charge is -2.03. The van der Waals surface area contributed by atoms with Crippen molar-refractivity contribution in [3.8, 4) is 0 Å². The van der Waals surface area contributed by atoms with E-state index in [9.17, 15) is 9.59 Å². The highest BCUT2D eigenvalue weighted by Gasteiger charge is 2.16. The van der Waals surface area contributed by atoms with Gasteiger partial charge in [-0.2, -0.15) is 0 Å². The topological polar surface area (TPSA) is 109 Å². The normalized spacial score (nSPS) is 10.0. The van der Waals surface area contributed by atoms with Crippen LogP contribution in [-0.4, -0.2) is 36.4 Å². The van der Waals surface area contributed by atoms with Crippen LogP contribution in [0, 0.1) is 0 Å². The first-order valence-electron chi connectivity index (χ1n) is 6.13. The fourth-order valence-electron chi connectivity index (χ4n) is 1.30. The number of nitrogens with zero attached hydrogens (tertiary/aromatic N) is 1. The fraction of sp³-hybridized carbons (Fsp3) is 0.545. The molecule has 0 aliphatic heterocycles. The van der Waals surface area contributed by atoms with Gasteiger partial charge in [-0.05, 0) is 13.3 Å². The third-order valence-corrected chi connectivity index (χ3v) is 3.20. The summed E-state index contributed by atoms with van der Waals surface area (Å²) in [6, 6.07) is 0. The number of thiazole rings is 1. The number of carbonyl (C=O) groups is 2. The molecule has 0 atom stereocenters. The fourth-order valence-corrected chi connectivity index (χ4v) is 2.13. The Kier molecular flexibility index (Phi) is 6.07. The quantitative estimate of drug-likeness (QED) is 0.580. The third-order valence-electron chi connectivity index (χ3n) is 2.17. The van der Waals surface area contributed by atoms with Crippen molar-refractivity contribution in [2.24, 2.45) is 0 Å². The Morgan fingerprint density at radius 1 is 1.32 bits per heavy atom. The summed E-state index contributed by atoms with van der Waals surface area (Å²) in [5, 5.41) is 8.77. The molecule has 0 unspecified atom stereocenters. The van der Waals surface area contributed by atoms with Crippen molar-refractivity contribution < 1.29 is 9.59 Å². The Bertz CT molecular complexity index is 446. The van der Waals surface area contributed by atoms with Crippen molar-refractivity contribution in [3.05, 3.63) is 4.88 Å². The molecule has 0 aromatic carbocycles. The number of amides is 2. The minimum atomic E-state index is -0.384. The summed E-state index contributed by atoms with van der Waals surface area (Å²) in [6.07, 6.45) is 0.957. The van der Waals surface area contributed by atoms with Crippen LogP contribution in [0.15, 0.2) is 0 Å². The molecule has 0 aliphatic rings. The maximum absolute atomic E-state index is 11.8. The summed E-state index contributed by atoms with van der Waals surface area (Å²) < 4.78 is 0. The third kappa shape index (κ3) is 4.74. The molecular weight excluding hydrogens is 266 g/mol. The minimum absolute atomic E-state index is 0.0677. The van der Waals surface area contributed by atoms with Gasteiger partial charge in [-0.3, -0.25) is 9.59 Å². The number of nitrogens with one attached hydrogen (secondary N) is 3. The van der Waals surface area contributed by atoms with Crippen LogP contribution in [0.5, 0.6) is 0 Å². The molecule has 1 rings (SSSR count). The highest BCUT2D eigenvalue weighted by Crippen LogP contribution is 2.24. The molecule has 7 nitrogen and oxygen atoms in total. The van der Waals surface area contributed by atoms with Crippen molar-refractivity contribution in [2.75, 3.05) is 30.7 Å². The molecule has 0 spiro atoms. The maximum atomic E-state index is 11.8. The number of hydrogen-bond acceptors (Lipinski definition) is 6. The zero-order valence-corrected chi connectivity index (χ0v) is 11.9. The zero-order valence-electron chi connectivity index (χ0n) is 11.1. The first kappa shape index (κ1) is 15.2. The van der Waals surface area contributed by atoms with Crippen molar-refractivity contribution in [1.82, 2.24) is 15.6 Å². The second-order valence-electron chi connectivity index (χ2n) is 3.80. The molecule has 19 heavy (non-hydrogen) atoms. The molecule has 1 aromatic rings. The van der Waals surface area contributed by atoms with Gasteiger partial charge in [-0.25, -0.2) is 4.98 Å². The summed E-state index contributed by atoms with van der Waals surface area (Å²) in [5.41, 5.74) is 5.68. The lowest BCUT2D eigenvalue weighted by atomic mass is 10.4. The van der Waals surface area contributed by atoms with E-state index >= 15 is 0 Å². The summed E-state index contributed by atoms with van der Waals surface area (Å²) in [4.78, 5) is 27.4. The van der Waals surface area contributed by atoms with Gasteiger partial charge in [-0.1, -0.05) is 18.3 Å². The molecule has 5 N–H and O–H groups in total. The molecular formula is C11H19N5O2S. The number of aromatic nitrogens is 1. The Morgan fingerprint density at radius 2 is 2.05 bits per heavy atom. The number of rotatable bonds is 7. The van der Waals surface area contributed by atoms with E-state index in [0.29, 0.717) is 16.6 Å². The predicted molar refractivity (Wildman–Crippen MR) is 76.3 cm³/mol. The largest absolute Gasteiger partial charge is 0.382 e. The van der Waals surface area contributed by atoms with E-state index in [2.05, 4.69) is 20.9 Å². The van der Waals surface area contributed by atoms with Crippen LogP contribution in [0.25, 0.3) is 0 Å². The monoisotopic (exact) mass is 285 g/mol. The van der Waals surface area contributed by atoms with Crippen LogP contribution < -0.4 is 21.7 Å². The van der Waals surface area contributed by atoms with Crippen LogP contribution in [-0.2, 0) is 4.79 Å². The van der Waals surface area contributed by atoms with Crippen LogP contribution in [0.4, 0.5) is 10.9 Å². The van der Waals surface area contributed by atoms with E-state index in [-0.39, 0.29) is 24.2 Å². The summed E-state index contributed by atoms with van der Waals surface area (Å²) >= 11 is 1.18. The van der Waals surface area contributed by atoms with Crippen molar-refractivity contribution in [2.45, 2.75) is 20.3 Å². The SMILES string of the molecule is CCCNc1nc(N)c(C(=O)NCC(=O)NCC)s1. The molecule has 0 radical (unpaired) electrons. The molecule has 0 aliphatic carbocycles. The van der Waals surface area contributed by atoms with E-state index in [1.165, 1.54) is 11.3 Å². The van der Waals surface area contributed by atoms with Gasteiger partial charge < -0.3 is 21.7 Å². The van der Waals surface area contributed by atoms with Gasteiger partial charge in [0.15, 0.2) is 5.13 Å². The Morgan fingerprint density at radius 3 is 2.68 bits per heavy atom. The Hall–Kier alpha value is -1.83. The molecule has 106 valence electrons. The number of nitrogen functional groups attached to an aromatic ring is 1. The highest BCUT2D eigenvalue weighted by atomic mass is 32.1. The number of anilines is 2. The lowest BCUT2D eigenvalue weighted by Crippen LogP contribution is -2.36. The Labute approximate surface area is 116 Å². The summed E-state index contributed by atoms with van der Waals surface area (Å²) in [5.74, 6) is -0.439. The van der Waals surface area contributed by atoms with Crippen molar-refractivity contribution in [1.29, 1.82) is 0 Å². The van der Waals surface area contributed by atoms with Gasteiger partial charge in [0.05, 0.1) is 6.54 Å². The first-order chi connectivity index (χ1) is 9.08. The predicted octanol–water partition coefficient (Wildman–Crippen LogP) is 0.413. The van der Waals surface area contributed by atoms with Crippen LogP contribution in [0.2, 0.25) is 0 Å². The van der Waals surface area contributed by atoms with Crippen molar-refractivity contribution >= 4 is 34.1 Å². The highest BCUT2D eigenvalue weighted by molar-refractivity contribution is 7.18. The molecule has 0 fully saturated rings. The minimum Gasteiger partial charge on any atom is -0.382 e. The van der Waals surface area contributed by atoms with Gasteiger partial charge in [0, 0.05) is 13.1 Å². The molecule has 0 bridgehead atoms. The van der Waals surface area contributed by atoms with E-state index in [1.807, 2.05) is 13.8 Å². The zero-order chi connectivity index (χ0) is 14.3. The Balaban J connectivity index is 2.56. The lowest BCUT2D eigenvalue weighted by molar-refractivity contribution is -0.120. The van der Waals surface area contributed by atoms with Gasteiger partial charge in [0.1, 0.15) is 10.7 Å². The first-order valence-corrected chi connectivity index (χ1v) is 6.95. The van der Waals surface area contributed by atoms with E-state index in [0.717, 1.165) is 13.0 Å². The molecule has 8 heteroatoms. The van der Waals surface area contributed by atoms with Gasteiger partial charge in [0.25, 0.3) is 5.91 Å². The average molecular weight is 285 g/mol. The van der Waals surface area contributed by atoms with Crippen LogP contribution in [0.1, 0.15) is 29.9 Å².